The van der Waals surface area contributed by atoms with Gasteiger partial charge in [-0.25, -0.2) is 14.4 Å². The first-order chi connectivity index (χ1) is 18.4. The Bertz CT molecular complexity index is 1510. The fourth-order valence-corrected chi connectivity index (χ4v) is 4.33. The number of halogens is 2. The highest BCUT2D eigenvalue weighted by molar-refractivity contribution is 6.34. The van der Waals surface area contributed by atoms with Gasteiger partial charge in [-0.15, -0.1) is 0 Å². The van der Waals surface area contributed by atoms with E-state index >= 15 is 0 Å². The van der Waals surface area contributed by atoms with Crippen LogP contribution in [-0.2, 0) is 16.1 Å². The molecule has 0 bridgehead atoms. The van der Waals surface area contributed by atoms with Crippen LogP contribution in [-0.4, -0.2) is 48.6 Å². The Balaban J connectivity index is 1.42. The molecule has 2 N–H and O–H groups in total. The number of anilines is 2. The van der Waals surface area contributed by atoms with Gasteiger partial charge in [0.2, 0.25) is 5.91 Å². The second-order valence-corrected chi connectivity index (χ2v) is 9.34. The lowest BCUT2D eigenvalue weighted by atomic mass is 10.1. The molecule has 3 aromatic carbocycles. The zero-order valence-electron chi connectivity index (χ0n) is 20.6. The highest BCUT2D eigenvalue weighted by atomic mass is 35.5. The average Bonchev–Trinajstić information content (AvgIpc) is 2.87. The normalized spacial score (nSPS) is 12.8. The molecule has 2 amide bonds. The summed E-state index contributed by atoms with van der Waals surface area (Å²) >= 11 is 6.32. The third kappa shape index (κ3) is 5.58. The Kier molecular flexibility index (Phi) is 7.48. The van der Waals surface area contributed by atoms with E-state index in [-0.39, 0.29) is 35.5 Å². The zero-order chi connectivity index (χ0) is 26.6. The Hall–Kier alpha value is -4.08. The molecule has 0 atom stereocenters. The number of aromatic nitrogens is 2. The monoisotopic (exact) mass is 533 g/mol. The SMILES string of the molecule is COCC(=O)NCc1ccc(Cl)c(C(=O)Nc2ccc3c(N4CCC4)nc(-c4ccc(F)cc4)nc3c2)c1. The molecule has 1 fully saturated rings. The van der Waals surface area contributed by atoms with Crippen molar-refractivity contribution in [3.8, 4) is 11.4 Å². The summed E-state index contributed by atoms with van der Waals surface area (Å²) in [5.41, 5.74) is 2.89. The van der Waals surface area contributed by atoms with Crippen molar-refractivity contribution in [2.24, 2.45) is 0 Å². The van der Waals surface area contributed by atoms with Gasteiger partial charge in [0, 0.05) is 43.4 Å². The van der Waals surface area contributed by atoms with E-state index in [1.54, 1.807) is 42.5 Å². The number of methoxy groups -OCH3 is 1. The van der Waals surface area contributed by atoms with Crippen LogP contribution < -0.4 is 15.5 Å². The third-order valence-electron chi connectivity index (χ3n) is 6.23. The van der Waals surface area contributed by atoms with Crippen molar-refractivity contribution in [2.45, 2.75) is 13.0 Å². The number of benzene rings is 3. The minimum Gasteiger partial charge on any atom is -0.375 e. The molecule has 0 unspecified atom stereocenters. The van der Waals surface area contributed by atoms with Crippen LogP contribution >= 0.6 is 11.6 Å². The summed E-state index contributed by atoms with van der Waals surface area (Å²) in [5.74, 6) is 0.306. The van der Waals surface area contributed by atoms with E-state index in [0.717, 1.165) is 36.3 Å². The number of ether oxygens (including phenoxy) is 1. The van der Waals surface area contributed by atoms with Crippen molar-refractivity contribution >= 4 is 45.8 Å². The number of hydrogen-bond donors (Lipinski definition) is 2. The van der Waals surface area contributed by atoms with E-state index in [2.05, 4.69) is 15.5 Å². The summed E-state index contributed by atoms with van der Waals surface area (Å²) in [6.07, 6.45) is 1.08. The first kappa shape index (κ1) is 25.6. The number of carbonyl (C=O) groups excluding carboxylic acids is 2. The predicted octanol–water partition coefficient (Wildman–Crippen LogP) is 4.81. The van der Waals surface area contributed by atoms with E-state index in [1.807, 2.05) is 6.07 Å². The molecule has 1 saturated heterocycles. The summed E-state index contributed by atoms with van der Waals surface area (Å²) in [5, 5.41) is 6.77. The Morgan fingerprint density at radius 1 is 1.05 bits per heavy atom. The summed E-state index contributed by atoms with van der Waals surface area (Å²) in [6, 6.07) is 16.5. The van der Waals surface area contributed by atoms with E-state index in [4.69, 9.17) is 26.3 Å². The van der Waals surface area contributed by atoms with Crippen molar-refractivity contribution in [1.29, 1.82) is 0 Å². The van der Waals surface area contributed by atoms with Gasteiger partial charge in [0.15, 0.2) is 5.82 Å². The van der Waals surface area contributed by atoms with Crippen molar-refractivity contribution in [1.82, 2.24) is 15.3 Å². The first-order valence-electron chi connectivity index (χ1n) is 12.1. The van der Waals surface area contributed by atoms with Gasteiger partial charge in [-0.1, -0.05) is 17.7 Å². The summed E-state index contributed by atoms with van der Waals surface area (Å²) in [4.78, 5) is 36.5. The van der Waals surface area contributed by atoms with Crippen molar-refractivity contribution in [2.75, 3.05) is 37.0 Å². The fourth-order valence-electron chi connectivity index (χ4n) is 4.13. The topological polar surface area (TPSA) is 96.4 Å². The number of nitrogens with zero attached hydrogens (tertiary/aromatic N) is 3. The van der Waals surface area contributed by atoms with E-state index in [0.29, 0.717) is 22.6 Å². The van der Waals surface area contributed by atoms with Crippen LogP contribution in [0.3, 0.4) is 0 Å². The molecule has 0 saturated carbocycles. The minimum atomic E-state index is -0.393. The van der Waals surface area contributed by atoms with Gasteiger partial charge in [-0.05, 0) is 66.6 Å². The van der Waals surface area contributed by atoms with Crippen LogP contribution in [0.2, 0.25) is 5.02 Å². The molecule has 194 valence electrons. The Morgan fingerprint density at radius 2 is 1.84 bits per heavy atom. The Morgan fingerprint density at radius 3 is 2.55 bits per heavy atom. The number of carbonyl (C=O) groups is 2. The minimum absolute atomic E-state index is 0.0468. The molecule has 2 heterocycles. The standard InChI is InChI=1S/C28H25ClFN5O3/c1-38-16-25(36)31-15-17-3-10-23(29)22(13-17)28(37)32-20-8-9-21-24(14-20)33-26(18-4-6-19(30)7-5-18)34-27(21)35-11-2-12-35/h3-10,13-14H,2,11-12,15-16H2,1H3,(H,31,36)(H,32,37). The molecule has 38 heavy (non-hydrogen) atoms. The van der Waals surface area contributed by atoms with Crippen LogP contribution in [0, 0.1) is 5.82 Å². The maximum absolute atomic E-state index is 13.5. The average molecular weight is 534 g/mol. The number of nitrogens with one attached hydrogen (secondary N) is 2. The van der Waals surface area contributed by atoms with E-state index < -0.39 is 5.91 Å². The first-order valence-corrected chi connectivity index (χ1v) is 12.5. The second-order valence-electron chi connectivity index (χ2n) is 8.93. The number of rotatable bonds is 8. The van der Waals surface area contributed by atoms with Crippen LogP contribution in [0.5, 0.6) is 0 Å². The molecular formula is C28H25ClFN5O3. The molecular weight excluding hydrogens is 509 g/mol. The van der Waals surface area contributed by atoms with Crippen molar-refractivity contribution in [3.05, 3.63) is 82.6 Å². The van der Waals surface area contributed by atoms with Crippen LogP contribution in [0.4, 0.5) is 15.9 Å². The van der Waals surface area contributed by atoms with Gasteiger partial charge in [0.1, 0.15) is 18.2 Å². The molecule has 10 heteroatoms. The largest absolute Gasteiger partial charge is 0.375 e. The number of amides is 2. The highest BCUT2D eigenvalue weighted by Crippen LogP contribution is 2.32. The van der Waals surface area contributed by atoms with Gasteiger partial charge >= 0.3 is 0 Å². The predicted molar refractivity (Wildman–Crippen MR) is 145 cm³/mol. The second kappa shape index (κ2) is 11.1. The summed E-state index contributed by atoms with van der Waals surface area (Å²) in [6.45, 7) is 1.98. The number of fused-ring (bicyclic) bond motifs is 1. The molecule has 1 aliphatic heterocycles. The lowest BCUT2D eigenvalue weighted by Crippen LogP contribution is -2.37. The van der Waals surface area contributed by atoms with E-state index in [9.17, 15) is 14.0 Å². The van der Waals surface area contributed by atoms with Gasteiger partial charge in [-0.2, -0.15) is 0 Å². The molecule has 0 spiro atoms. The smallest absolute Gasteiger partial charge is 0.257 e. The quantitative estimate of drug-likeness (QED) is 0.337. The molecule has 1 aromatic heterocycles. The third-order valence-corrected chi connectivity index (χ3v) is 6.56. The molecule has 1 aliphatic rings. The van der Waals surface area contributed by atoms with Crippen molar-refractivity contribution in [3.63, 3.8) is 0 Å². The highest BCUT2D eigenvalue weighted by Gasteiger charge is 2.21. The van der Waals surface area contributed by atoms with Crippen molar-refractivity contribution < 1.29 is 18.7 Å². The summed E-state index contributed by atoms with van der Waals surface area (Å²) < 4.78 is 18.3. The Labute approximate surface area is 223 Å². The fraction of sp³-hybridized carbons (Fsp3) is 0.214. The number of hydrogen-bond acceptors (Lipinski definition) is 6. The molecule has 4 aromatic rings. The summed E-state index contributed by atoms with van der Waals surface area (Å²) in [7, 11) is 1.44. The van der Waals surface area contributed by atoms with Crippen LogP contribution in [0.1, 0.15) is 22.3 Å². The lowest BCUT2D eigenvalue weighted by Gasteiger charge is -2.33. The maximum Gasteiger partial charge on any atom is 0.257 e. The van der Waals surface area contributed by atoms with Gasteiger partial charge in [-0.3, -0.25) is 9.59 Å². The zero-order valence-corrected chi connectivity index (χ0v) is 21.4. The van der Waals surface area contributed by atoms with Gasteiger partial charge in [0.05, 0.1) is 16.1 Å². The van der Waals surface area contributed by atoms with Crippen LogP contribution in [0.15, 0.2) is 60.7 Å². The van der Waals surface area contributed by atoms with E-state index in [1.165, 1.54) is 19.2 Å². The molecule has 0 aliphatic carbocycles. The molecule has 0 radical (unpaired) electrons. The molecule has 8 nitrogen and oxygen atoms in total. The maximum atomic E-state index is 13.5. The lowest BCUT2D eigenvalue weighted by molar-refractivity contribution is -0.124. The van der Waals surface area contributed by atoms with Crippen LogP contribution in [0.25, 0.3) is 22.3 Å². The molecule has 5 rings (SSSR count). The van der Waals surface area contributed by atoms with Gasteiger partial charge < -0.3 is 20.3 Å². The van der Waals surface area contributed by atoms with Gasteiger partial charge in [0.25, 0.3) is 5.91 Å².